The second-order valence-electron chi connectivity index (χ2n) is 5.93. The average Bonchev–Trinajstić information content (AvgIpc) is 3.18. The van der Waals surface area contributed by atoms with Crippen LogP contribution >= 0.6 is 23.4 Å². The van der Waals surface area contributed by atoms with Gasteiger partial charge in [0.05, 0.1) is 5.75 Å². The molecule has 0 bridgehead atoms. The van der Waals surface area contributed by atoms with Gasteiger partial charge >= 0.3 is 0 Å². The quantitative estimate of drug-likeness (QED) is 0.334. The van der Waals surface area contributed by atoms with E-state index in [1.807, 2.05) is 47.0 Å². The highest BCUT2D eigenvalue weighted by molar-refractivity contribution is 7.99. The molecule has 2 heterocycles. The van der Waals surface area contributed by atoms with Crippen molar-refractivity contribution >= 4 is 29.1 Å². The molecule has 2 aromatic carbocycles. The van der Waals surface area contributed by atoms with Crippen LogP contribution in [0.5, 0.6) is 0 Å². The fourth-order valence-corrected chi connectivity index (χ4v) is 3.68. The SMILES string of the molecule is O=C(CSc1nnc(-c2ccncc2)n1-c1ccccc1)c1ccc(Cl)cc1. The van der Waals surface area contributed by atoms with Gasteiger partial charge in [-0.05, 0) is 48.5 Å². The molecular formula is C21H15ClN4OS. The Morgan fingerprint density at radius 1 is 0.929 bits per heavy atom. The molecular weight excluding hydrogens is 392 g/mol. The Morgan fingerprint density at radius 2 is 1.64 bits per heavy atom. The molecule has 0 radical (unpaired) electrons. The van der Waals surface area contributed by atoms with Crippen LogP contribution in [0.3, 0.4) is 0 Å². The van der Waals surface area contributed by atoms with E-state index in [1.165, 1.54) is 11.8 Å². The van der Waals surface area contributed by atoms with Crippen LogP contribution in [-0.4, -0.2) is 31.3 Å². The van der Waals surface area contributed by atoms with Crippen molar-refractivity contribution in [2.24, 2.45) is 0 Å². The monoisotopic (exact) mass is 406 g/mol. The van der Waals surface area contributed by atoms with E-state index in [2.05, 4.69) is 15.2 Å². The number of rotatable bonds is 6. The second kappa shape index (κ2) is 8.37. The first-order valence-corrected chi connectivity index (χ1v) is 9.91. The van der Waals surface area contributed by atoms with E-state index in [4.69, 9.17) is 11.6 Å². The number of hydrogen-bond acceptors (Lipinski definition) is 5. The molecule has 0 saturated carbocycles. The van der Waals surface area contributed by atoms with Gasteiger partial charge in [0.25, 0.3) is 0 Å². The van der Waals surface area contributed by atoms with Crippen LogP contribution in [0.25, 0.3) is 17.1 Å². The number of Topliss-reactive ketones (excluding diaryl/α,β-unsaturated/α-hetero) is 1. The molecule has 138 valence electrons. The molecule has 0 aliphatic heterocycles. The zero-order valence-electron chi connectivity index (χ0n) is 14.7. The second-order valence-corrected chi connectivity index (χ2v) is 7.31. The summed E-state index contributed by atoms with van der Waals surface area (Å²) in [4.78, 5) is 16.6. The van der Waals surface area contributed by atoms with Crippen molar-refractivity contribution in [3.05, 3.63) is 89.7 Å². The summed E-state index contributed by atoms with van der Waals surface area (Å²) < 4.78 is 1.95. The molecule has 5 nitrogen and oxygen atoms in total. The standard InChI is InChI=1S/C21H15ClN4OS/c22-17-8-6-15(7-9-17)19(27)14-28-21-25-24-20(16-10-12-23-13-11-16)26(21)18-4-2-1-3-5-18/h1-13H,14H2. The molecule has 4 aromatic rings. The highest BCUT2D eigenvalue weighted by atomic mass is 35.5. The number of ketones is 1. The third kappa shape index (κ3) is 3.98. The minimum absolute atomic E-state index is 0.00902. The van der Waals surface area contributed by atoms with Crippen molar-refractivity contribution in [1.82, 2.24) is 19.7 Å². The van der Waals surface area contributed by atoms with Crippen LogP contribution in [0, 0.1) is 0 Å². The van der Waals surface area contributed by atoms with Gasteiger partial charge in [0.1, 0.15) is 0 Å². The number of thioether (sulfide) groups is 1. The van der Waals surface area contributed by atoms with E-state index in [0.717, 1.165) is 11.3 Å². The molecule has 0 unspecified atom stereocenters. The lowest BCUT2D eigenvalue weighted by atomic mass is 10.1. The Morgan fingerprint density at radius 3 is 2.36 bits per heavy atom. The van der Waals surface area contributed by atoms with E-state index in [0.29, 0.717) is 21.6 Å². The molecule has 2 aromatic heterocycles. The van der Waals surface area contributed by atoms with Crippen LogP contribution in [0.15, 0.2) is 84.3 Å². The molecule has 0 aliphatic rings. The number of carbonyl (C=O) groups excluding carboxylic acids is 1. The number of hydrogen-bond donors (Lipinski definition) is 0. The summed E-state index contributed by atoms with van der Waals surface area (Å²) in [6.45, 7) is 0. The molecule has 7 heteroatoms. The van der Waals surface area contributed by atoms with Gasteiger partial charge in [0, 0.05) is 34.2 Å². The summed E-state index contributed by atoms with van der Waals surface area (Å²) in [5, 5.41) is 9.95. The maximum Gasteiger partial charge on any atom is 0.196 e. The van der Waals surface area contributed by atoms with E-state index in [1.54, 1.807) is 36.7 Å². The first-order chi connectivity index (χ1) is 13.7. The Balaban J connectivity index is 1.65. The Hall–Kier alpha value is -2.96. The number of aromatic nitrogens is 4. The predicted molar refractivity (Wildman–Crippen MR) is 111 cm³/mol. The zero-order chi connectivity index (χ0) is 19.3. The first kappa shape index (κ1) is 18.4. The fraction of sp³-hybridized carbons (Fsp3) is 0.0476. The number of pyridine rings is 1. The third-order valence-corrected chi connectivity index (χ3v) is 5.27. The Kier molecular flexibility index (Phi) is 5.50. The molecule has 0 spiro atoms. The number of halogens is 1. The summed E-state index contributed by atoms with van der Waals surface area (Å²) in [5.74, 6) is 0.966. The molecule has 4 rings (SSSR count). The molecule has 0 amide bonds. The van der Waals surface area contributed by atoms with Crippen molar-refractivity contribution in [3.8, 4) is 17.1 Å². The number of carbonyl (C=O) groups is 1. The van der Waals surface area contributed by atoms with Gasteiger partial charge in [-0.3, -0.25) is 14.3 Å². The minimum atomic E-state index is 0.00902. The van der Waals surface area contributed by atoms with E-state index >= 15 is 0 Å². The normalized spacial score (nSPS) is 10.8. The molecule has 0 fully saturated rings. The number of nitrogens with zero attached hydrogens (tertiary/aromatic N) is 4. The van der Waals surface area contributed by atoms with Crippen molar-refractivity contribution in [2.75, 3.05) is 5.75 Å². The number of benzene rings is 2. The van der Waals surface area contributed by atoms with Gasteiger partial charge in [-0.1, -0.05) is 41.6 Å². The fourth-order valence-electron chi connectivity index (χ4n) is 2.71. The van der Waals surface area contributed by atoms with E-state index in [9.17, 15) is 4.79 Å². The van der Waals surface area contributed by atoms with Gasteiger partial charge in [0.15, 0.2) is 16.8 Å². The van der Waals surface area contributed by atoms with Crippen molar-refractivity contribution in [1.29, 1.82) is 0 Å². The molecule has 28 heavy (non-hydrogen) atoms. The van der Waals surface area contributed by atoms with Gasteiger partial charge in [0.2, 0.25) is 0 Å². The predicted octanol–water partition coefficient (Wildman–Crippen LogP) is 4.96. The van der Waals surface area contributed by atoms with Crippen molar-refractivity contribution in [3.63, 3.8) is 0 Å². The average molecular weight is 407 g/mol. The van der Waals surface area contributed by atoms with E-state index < -0.39 is 0 Å². The van der Waals surface area contributed by atoms with Crippen LogP contribution in [0.4, 0.5) is 0 Å². The Bertz CT molecular complexity index is 1080. The highest BCUT2D eigenvalue weighted by Crippen LogP contribution is 2.28. The number of para-hydroxylation sites is 1. The lowest BCUT2D eigenvalue weighted by molar-refractivity contribution is 0.102. The molecule has 0 saturated heterocycles. The van der Waals surface area contributed by atoms with Crippen LogP contribution in [0.1, 0.15) is 10.4 Å². The third-order valence-electron chi connectivity index (χ3n) is 4.08. The van der Waals surface area contributed by atoms with Crippen LogP contribution in [-0.2, 0) is 0 Å². The van der Waals surface area contributed by atoms with Gasteiger partial charge in [-0.25, -0.2) is 0 Å². The molecule has 0 atom stereocenters. The lowest BCUT2D eigenvalue weighted by Crippen LogP contribution is -2.05. The molecule has 0 aliphatic carbocycles. The maximum atomic E-state index is 12.5. The highest BCUT2D eigenvalue weighted by Gasteiger charge is 2.17. The lowest BCUT2D eigenvalue weighted by Gasteiger charge is -2.10. The summed E-state index contributed by atoms with van der Waals surface area (Å²) in [7, 11) is 0. The first-order valence-electron chi connectivity index (χ1n) is 8.55. The van der Waals surface area contributed by atoms with Crippen molar-refractivity contribution < 1.29 is 4.79 Å². The topological polar surface area (TPSA) is 60.7 Å². The summed E-state index contributed by atoms with van der Waals surface area (Å²) in [6.07, 6.45) is 3.44. The van der Waals surface area contributed by atoms with Crippen LogP contribution in [0.2, 0.25) is 5.02 Å². The summed E-state index contributed by atoms with van der Waals surface area (Å²) in [6, 6.07) is 20.5. The zero-order valence-corrected chi connectivity index (χ0v) is 16.3. The van der Waals surface area contributed by atoms with Gasteiger partial charge < -0.3 is 0 Å². The van der Waals surface area contributed by atoms with Crippen molar-refractivity contribution in [2.45, 2.75) is 5.16 Å². The smallest absolute Gasteiger partial charge is 0.196 e. The maximum absolute atomic E-state index is 12.5. The largest absolute Gasteiger partial charge is 0.293 e. The summed E-state index contributed by atoms with van der Waals surface area (Å²) >= 11 is 7.25. The van der Waals surface area contributed by atoms with Crippen LogP contribution < -0.4 is 0 Å². The van der Waals surface area contributed by atoms with Gasteiger partial charge in [-0.15, -0.1) is 10.2 Å². The van der Waals surface area contributed by atoms with E-state index in [-0.39, 0.29) is 11.5 Å². The Labute approximate surface area is 171 Å². The van der Waals surface area contributed by atoms with Gasteiger partial charge in [-0.2, -0.15) is 0 Å². The summed E-state index contributed by atoms with van der Waals surface area (Å²) in [5.41, 5.74) is 2.46. The molecule has 0 N–H and O–H groups in total. The minimum Gasteiger partial charge on any atom is -0.293 e.